The Morgan fingerprint density at radius 2 is 1.86 bits per heavy atom. The van der Waals surface area contributed by atoms with Crippen LogP contribution < -0.4 is 19.9 Å². The van der Waals surface area contributed by atoms with Crippen LogP contribution in [0.15, 0.2) is 42.5 Å². The number of amides is 1. The summed E-state index contributed by atoms with van der Waals surface area (Å²) in [6.07, 6.45) is 0. The maximum absolute atomic E-state index is 13.9. The van der Waals surface area contributed by atoms with E-state index in [-0.39, 0.29) is 11.5 Å². The third kappa shape index (κ3) is 4.98. The van der Waals surface area contributed by atoms with Crippen LogP contribution >= 0.6 is 0 Å². The number of halogens is 2. The number of carbonyl (C=O) groups excluding carboxylic acids is 1. The molecule has 1 fully saturated rings. The van der Waals surface area contributed by atoms with Crippen LogP contribution in [0.1, 0.15) is 18.5 Å². The largest absolute Gasteiger partial charge is 0.497 e. The number of piperazine rings is 1. The molecule has 1 aliphatic rings. The number of ether oxygens (including phenoxy) is 1. The molecule has 2 N–H and O–H groups in total. The number of nitrogens with zero attached hydrogens (tertiary/aromatic N) is 1. The van der Waals surface area contributed by atoms with Gasteiger partial charge in [-0.1, -0.05) is 6.07 Å². The van der Waals surface area contributed by atoms with Gasteiger partial charge in [0.15, 0.2) is 6.54 Å². The number of hydrogen-bond donors (Lipinski definition) is 2. The van der Waals surface area contributed by atoms with Crippen molar-refractivity contribution in [3.8, 4) is 5.75 Å². The Labute approximate surface area is 163 Å². The lowest BCUT2D eigenvalue weighted by Gasteiger charge is -2.33. The van der Waals surface area contributed by atoms with Gasteiger partial charge in [-0.25, -0.2) is 8.78 Å². The minimum Gasteiger partial charge on any atom is -0.497 e. The molecule has 5 nitrogen and oxygen atoms in total. The van der Waals surface area contributed by atoms with Crippen molar-refractivity contribution in [2.45, 2.75) is 13.0 Å². The highest BCUT2D eigenvalue weighted by Gasteiger charge is 2.23. The molecule has 0 spiro atoms. The lowest BCUT2D eigenvalue weighted by Crippen LogP contribution is -3.15. The van der Waals surface area contributed by atoms with Gasteiger partial charge in [-0.2, -0.15) is 0 Å². The SMILES string of the molecule is COc1ccc(N2CC[NH+](CC(=O)N[C@@H](C)c3ccc(F)cc3F)CC2)cc1. The van der Waals surface area contributed by atoms with E-state index in [0.717, 1.165) is 43.7 Å². The maximum Gasteiger partial charge on any atom is 0.275 e. The summed E-state index contributed by atoms with van der Waals surface area (Å²) in [7, 11) is 1.65. The van der Waals surface area contributed by atoms with E-state index in [2.05, 4.69) is 10.2 Å². The lowest BCUT2D eigenvalue weighted by molar-refractivity contribution is -0.892. The molecule has 2 aromatic carbocycles. The van der Waals surface area contributed by atoms with Crippen LogP contribution in [0, 0.1) is 11.6 Å². The van der Waals surface area contributed by atoms with E-state index in [9.17, 15) is 13.6 Å². The van der Waals surface area contributed by atoms with Gasteiger partial charge in [-0.05, 0) is 37.3 Å². The molecule has 28 heavy (non-hydrogen) atoms. The summed E-state index contributed by atoms with van der Waals surface area (Å²) in [4.78, 5) is 15.8. The van der Waals surface area contributed by atoms with Crippen LogP contribution in [0.3, 0.4) is 0 Å². The quantitative estimate of drug-likeness (QED) is 0.787. The van der Waals surface area contributed by atoms with Crippen LogP contribution in [0.4, 0.5) is 14.5 Å². The zero-order valence-corrected chi connectivity index (χ0v) is 16.2. The Morgan fingerprint density at radius 3 is 2.46 bits per heavy atom. The molecule has 1 heterocycles. The van der Waals surface area contributed by atoms with Gasteiger partial charge in [-0.3, -0.25) is 4.79 Å². The summed E-state index contributed by atoms with van der Waals surface area (Å²) in [5, 5.41) is 2.81. The Kier molecular flexibility index (Phi) is 6.46. The molecule has 2 aromatic rings. The third-order valence-electron chi connectivity index (χ3n) is 5.13. The molecule has 150 valence electrons. The van der Waals surface area contributed by atoms with Gasteiger partial charge in [0, 0.05) is 17.3 Å². The van der Waals surface area contributed by atoms with Crippen LogP contribution in [-0.4, -0.2) is 45.7 Å². The topological polar surface area (TPSA) is 46.0 Å². The summed E-state index contributed by atoms with van der Waals surface area (Å²) < 4.78 is 32.1. The number of methoxy groups -OCH3 is 1. The zero-order valence-electron chi connectivity index (χ0n) is 16.2. The first-order chi connectivity index (χ1) is 13.5. The first kappa shape index (κ1) is 20.1. The van der Waals surface area contributed by atoms with Gasteiger partial charge < -0.3 is 19.9 Å². The molecule has 1 aliphatic heterocycles. The summed E-state index contributed by atoms with van der Waals surface area (Å²) >= 11 is 0. The van der Waals surface area contributed by atoms with Crippen molar-refractivity contribution in [1.29, 1.82) is 0 Å². The number of anilines is 1. The molecule has 0 radical (unpaired) electrons. The maximum atomic E-state index is 13.9. The average molecular weight is 390 g/mol. The van der Waals surface area contributed by atoms with Crippen LogP contribution in [0.25, 0.3) is 0 Å². The molecule has 0 bridgehead atoms. The van der Waals surface area contributed by atoms with Gasteiger partial charge in [0.2, 0.25) is 0 Å². The monoisotopic (exact) mass is 390 g/mol. The summed E-state index contributed by atoms with van der Waals surface area (Å²) in [6, 6.07) is 10.9. The highest BCUT2D eigenvalue weighted by Crippen LogP contribution is 2.19. The van der Waals surface area contributed by atoms with Gasteiger partial charge in [0.1, 0.15) is 17.4 Å². The number of benzene rings is 2. The van der Waals surface area contributed by atoms with Gasteiger partial charge >= 0.3 is 0 Å². The highest BCUT2D eigenvalue weighted by molar-refractivity contribution is 5.77. The molecule has 0 unspecified atom stereocenters. The van der Waals surface area contributed by atoms with Crippen LogP contribution in [0.5, 0.6) is 5.75 Å². The first-order valence-corrected chi connectivity index (χ1v) is 9.43. The predicted molar refractivity (Wildman–Crippen MR) is 104 cm³/mol. The van der Waals surface area contributed by atoms with E-state index in [0.29, 0.717) is 6.54 Å². The van der Waals surface area contributed by atoms with Crippen molar-refractivity contribution in [3.05, 3.63) is 59.7 Å². The van der Waals surface area contributed by atoms with Gasteiger partial charge in [-0.15, -0.1) is 0 Å². The molecule has 1 saturated heterocycles. The van der Waals surface area contributed by atoms with E-state index >= 15 is 0 Å². The molecule has 3 rings (SSSR count). The Balaban J connectivity index is 1.47. The van der Waals surface area contributed by atoms with Crippen molar-refractivity contribution in [2.24, 2.45) is 0 Å². The molecule has 0 saturated carbocycles. The van der Waals surface area contributed by atoms with E-state index in [1.54, 1.807) is 14.0 Å². The third-order valence-corrected chi connectivity index (χ3v) is 5.13. The summed E-state index contributed by atoms with van der Waals surface area (Å²) in [5.74, 6) is -0.576. The standard InChI is InChI=1S/C21H25F2N3O2/c1-15(19-8-3-16(22)13-20(19)23)24-21(27)14-25-9-11-26(12-10-25)17-4-6-18(28-2)7-5-17/h3-8,13,15H,9-12,14H2,1-2H3,(H,24,27)/p+1/t15-/m0/s1. The molecular formula is C21H26F2N3O2+. The fourth-order valence-corrected chi connectivity index (χ4v) is 3.50. The van der Waals surface area contributed by atoms with Crippen molar-refractivity contribution in [1.82, 2.24) is 5.32 Å². The smallest absolute Gasteiger partial charge is 0.275 e. The summed E-state index contributed by atoms with van der Waals surface area (Å²) in [5.41, 5.74) is 1.43. The minimum atomic E-state index is -0.645. The second-order valence-electron chi connectivity index (χ2n) is 7.07. The molecule has 0 aliphatic carbocycles. The minimum absolute atomic E-state index is 0.135. The zero-order chi connectivity index (χ0) is 20.1. The molecule has 7 heteroatoms. The second kappa shape index (κ2) is 9.01. The highest BCUT2D eigenvalue weighted by atomic mass is 19.1. The molecule has 1 amide bonds. The number of quaternary nitrogens is 1. The Bertz CT molecular complexity index is 806. The lowest BCUT2D eigenvalue weighted by atomic mass is 10.1. The first-order valence-electron chi connectivity index (χ1n) is 9.43. The number of rotatable bonds is 6. The van der Waals surface area contributed by atoms with E-state index in [1.165, 1.54) is 17.0 Å². The van der Waals surface area contributed by atoms with Crippen molar-refractivity contribution >= 4 is 11.6 Å². The van der Waals surface area contributed by atoms with Crippen molar-refractivity contribution in [2.75, 3.05) is 44.7 Å². The fourth-order valence-electron chi connectivity index (χ4n) is 3.50. The summed E-state index contributed by atoms with van der Waals surface area (Å²) in [6.45, 7) is 5.44. The van der Waals surface area contributed by atoms with E-state index in [1.807, 2.05) is 24.3 Å². The van der Waals surface area contributed by atoms with Crippen LogP contribution in [-0.2, 0) is 4.79 Å². The predicted octanol–water partition coefficient (Wildman–Crippen LogP) is 1.56. The average Bonchev–Trinajstić information content (AvgIpc) is 2.68. The normalized spacial score (nSPS) is 15.9. The Hall–Kier alpha value is -2.67. The van der Waals surface area contributed by atoms with Crippen molar-refractivity contribution < 1.29 is 23.2 Å². The number of carbonyl (C=O) groups is 1. The van der Waals surface area contributed by atoms with Gasteiger partial charge in [0.05, 0.1) is 39.3 Å². The van der Waals surface area contributed by atoms with Gasteiger partial charge in [0.25, 0.3) is 5.91 Å². The van der Waals surface area contributed by atoms with Crippen LogP contribution in [0.2, 0.25) is 0 Å². The molecule has 0 aromatic heterocycles. The van der Waals surface area contributed by atoms with Crippen molar-refractivity contribution in [3.63, 3.8) is 0 Å². The molecule has 1 atom stereocenters. The molecular weight excluding hydrogens is 364 g/mol. The second-order valence-corrected chi connectivity index (χ2v) is 7.07. The number of nitrogens with one attached hydrogen (secondary N) is 2. The Morgan fingerprint density at radius 1 is 1.18 bits per heavy atom. The fraction of sp³-hybridized carbons (Fsp3) is 0.381. The number of hydrogen-bond acceptors (Lipinski definition) is 3. The van der Waals surface area contributed by atoms with E-state index in [4.69, 9.17) is 4.74 Å². The van der Waals surface area contributed by atoms with E-state index < -0.39 is 17.7 Å².